The van der Waals surface area contributed by atoms with Crippen molar-refractivity contribution in [1.82, 2.24) is 14.8 Å². The van der Waals surface area contributed by atoms with Crippen LogP contribution in [0, 0.1) is 6.92 Å². The Morgan fingerprint density at radius 1 is 1.24 bits per heavy atom. The van der Waals surface area contributed by atoms with Crippen LogP contribution < -0.4 is 0 Å². The number of pyridine rings is 1. The van der Waals surface area contributed by atoms with Gasteiger partial charge in [-0.1, -0.05) is 0 Å². The lowest BCUT2D eigenvalue weighted by molar-refractivity contribution is -0.137. The second-order valence-electron chi connectivity index (χ2n) is 7.93. The molecule has 0 radical (unpaired) electrons. The standard InChI is InChI=1S/C19H16F3N3O3S/c1-10-4-12(19(20,21)22)5-15(26)16(10)14-3-2-11-8-25(24-17(11)23-14)18-6-13(7-18)29(27,28)9-18/h2-5,8,13,26H,6-7,9H2,1H3. The highest BCUT2D eigenvalue weighted by Crippen LogP contribution is 2.52. The molecule has 1 N–H and O–H groups in total. The molecule has 3 aromatic rings. The smallest absolute Gasteiger partial charge is 0.416 e. The van der Waals surface area contributed by atoms with Gasteiger partial charge in [0.25, 0.3) is 0 Å². The highest BCUT2D eigenvalue weighted by molar-refractivity contribution is 7.92. The number of aryl methyl sites for hydroxylation is 1. The summed E-state index contributed by atoms with van der Waals surface area (Å²) in [6, 6.07) is 4.98. The average Bonchev–Trinajstić information content (AvgIpc) is 3.18. The first-order chi connectivity index (χ1) is 13.5. The Balaban J connectivity index is 1.57. The molecule has 2 bridgehead atoms. The van der Waals surface area contributed by atoms with Crippen LogP contribution in [0.1, 0.15) is 24.0 Å². The number of aromatic hydroxyl groups is 1. The van der Waals surface area contributed by atoms with E-state index in [1.807, 2.05) is 0 Å². The number of sulfone groups is 1. The van der Waals surface area contributed by atoms with Crippen LogP contribution in [0.2, 0.25) is 0 Å². The maximum Gasteiger partial charge on any atom is 0.416 e. The summed E-state index contributed by atoms with van der Waals surface area (Å²) in [5.74, 6) is -0.449. The van der Waals surface area contributed by atoms with Crippen LogP contribution in [0.25, 0.3) is 22.3 Å². The summed E-state index contributed by atoms with van der Waals surface area (Å²) in [6.45, 7) is 1.48. The van der Waals surface area contributed by atoms with E-state index in [0.29, 0.717) is 35.6 Å². The molecule has 4 heterocycles. The molecule has 29 heavy (non-hydrogen) atoms. The van der Waals surface area contributed by atoms with E-state index >= 15 is 0 Å². The Hall–Kier alpha value is -2.62. The highest BCUT2D eigenvalue weighted by Gasteiger charge is 2.61. The minimum atomic E-state index is -4.56. The van der Waals surface area contributed by atoms with E-state index in [1.54, 1.807) is 23.0 Å². The van der Waals surface area contributed by atoms with Gasteiger partial charge in [-0.3, -0.25) is 4.68 Å². The summed E-state index contributed by atoms with van der Waals surface area (Å²) >= 11 is 0. The molecule has 6 rings (SSSR count). The van der Waals surface area contributed by atoms with Crippen LogP contribution in [-0.4, -0.2) is 39.3 Å². The number of phenolic OH excluding ortho intramolecular Hbond substituents is 1. The van der Waals surface area contributed by atoms with Gasteiger partial charge in [-0.2, -0.15) is 18.3 Å². The number of hydrogen-bond acceptors (Lipinski definition) is 5. The molecule has 3 fully saturated rings. The number of nitrogens with zero attached hydrogens (tertiary/aromatic N) is 3. The van der Waals surface area contributed by atoms with Crippen LogP contribution >= 0.6 is 0 Å². The quantitative estimate of drug-likeness (QED) is 0.683. The number of halogens is 3. The van der Waals surface area contributed by atoms with E-state index in [0.717, 1.165) is 6.07 Å². The van der Waals surface area contributed by atoms with Crippen molar-refractivity contribution >= 4 is 20.9 Å². The fraction of sp³-hybridized carbons (Fsp3) is 0.368. The fourth-order valence-corrected chi connectivity index (χ4v) is 6.94. The zero-order valence-electron chi connectivity index (χ0n) is 15.2. The lowest BCUT2D eigenvalue weighted by Crippen LogP contribution is -2.43. The second-order valence-corrected chi connectivity index (χ2v) is 10.2. The summed E-state index contributed by atoms with van der Waals surface area (Å²) in [6.07, 6.45) is -1.73. The molecule has 1 aromatic carbocycles. The average molecular weight is 423 g/mol. The van der Waals surface area contributed by atoms with Gasteiger partial charge in [0.05, 0.1) is 27.8 Å². The monoisotopic (exact) mass is 423 g/mol. The van der Waals surface area contributed by atoms with E-state index in [1.165, 1.54) is 6.92 Å². The predicted octanol–water partition coefficient (Wildman–Crippen LogP) is 3.42. The predicted molar refractivity (Wildman–Crippen MR) is 99.2 cm³/mol. The first-order valence-corrected chi connectivity index (χ1v) is 10.7. The third kappa shape index (κ3) is 2.65. The Morgan fingerprint density at radius 2 is 1.97 bits per heavy atom. The number of aromatic nitrogens is 3. The summed E-state index contributed by atoms with van der Waals surface area (Å²) in [4.78, 5) is 4.41. The number of alkyl halides is 3. The van der Waals surface area contributed by atoms with E-state index in [-0.39, 0.29) is 22.1 Å². The lowest BCUT2D eigenvalue weighted by Gasteiger charge is -2.35. The lowest BCUT2D eigenvalue weighted by atomic mass is 9.79. The summed E-state index contributed by atoms with van der Waals surface area (Å²) in [5, 5.41) is 15.1. The molecule has 1 saturated carbocycles. The van der Waals surface area contributed by atoms with Crippen molar-refractivity contribution in [2.45, 2.75) is 36.7 Å². The number of phenols is 1. The summed E-state index contributed by atoms with van der Waals surface area (Å²) < 4.78 is 64.6. The van der Waals surface area contributed by atoms with Crippen LogP contribution in [-0.2, 0) is 21.6 Å². The molecule has 0 amide bonds. The normalized spacial score (nSPS) is 25.3. The molecule has 2 aromatic heterocycles. The zero-order valence-corrected chi connectivity index (χ0v) is 16.0. The molecule has 0 atom stereocenters. The van der Waals surface area contributed by atoms with Crippen LogP contribution in [0.5, 0.6) is 5.75 Å². The SMILES string of the molecule is Cc1cc(C(F)(F)F)cc(O)c1-c1ccc2cn(C34CC(C3)S(=O)(=O)C4)nc2n1. The number of hydrogen-bond donors (Lipinski definition) is 1. The van der Waals surface area contributed by atoms with Gasteiger partial charge in [0.1, 0.15) is 5.75 Å². The van der Waals surface area contributed by atoms with Gasteiger partial charge in [-0.25, -0.2) is 13.4 Å². The van der Waals surface area contributed by atoms with E-state index < -0.39 is 32.9 Å². The van der Waals surface area contributed by atoms with Gasteiger partial charge in [0, 0.05) is 17.1 Å². The molecule has 2 saturated heterocycles. The van der Waals surface area contributed by atoms with Gasteiger partial charge in [-0.15, -0.1) is 0 Å². The van der Waals surface area contributed by atoms with Crippen molar-refractivity contribution < 1.29 is 26.7 Å². The van der Waals surface area contributed by atoms with Crippen molar-refractivity contribution in [3.63, 3.8) is 0 Å². The van der Waals surface area contributed by atoms with Crippen molar-refractivity contribution in [1.29, 1.82) is 0 Å². The Labute approximate surface area is 163 Å². The highest BCUT2D eigenvalue weighted by atomic mass is 32.2. The summed E-state index contributed by atoms with van der Waals surface area (Å²) in [7, 11) is -3.08. The van der Waals surface area contributed by atoms with E-state index in [2.05, 4.69) is 10.1 Å². The first kappa shape index (κ1) is 18.4. The maximum atomic E-state index is 13.0. The minimum absolute atomic E-state index is 0.0598. The summed E-state index contributed by atoms with van der Waals surface area (Å²) in [5.41, 5.74) is -0.359. The topological polar surface area (TPSA) is 85.1 Å². The molecular weight excluding hydrogens is 407 g/mol. The Morgan fingerprint density at radius 3 is 2.55 bits per heavy atom. The second kappa shape index (κ2) is 5.50. The Bertz CT molecular complexity index is 1250. The Kier molecular flexibility index (Phi) is 3.49. The van der Waals surface area contributed by atoms with Gasteiger partial charge in [0.15, 0.2) is 15.5 Å². The molecular formula is C19H16F3N3O3S. The van der Waals surface area contributed by atoms with Gasteiger partial charge >= 0.3 is 6.18 Å². The van der Waals surface area contributed by atoms with Crippen molar-refractivity contribution in [2.24, 2.45) is 0 Å². The van der Waals surface area contributed by atoms with E-state index in [4.69, 9.17) is 0 Å². The molecule has 0 unspecified atom stereocenters. The third-order valence-electron chi connectivity index (χ3n) is 5.95. The van der Waals surface area contributed by atoms with Crippen LogP contribution in [0.4, 0.5) is 13.2 Å². The van der Waals surface area contributed by atoms with Crippen molar-refractivity contribution in [3.05, 3.63) is 41.6 Å². The molecule has 1 aliphatic carbocycles. The van der Waals surface area contributed by atoms with Crippen molar-refractivity contribution in [2.75, 3.05) is 5.75 Å². The maximum absolute atomic E-state index is 13.0. The van der Waals surface area contributed by atoms with Crippen LogP contribution in [0.3, 0.4) is 0 Å². The first-order valence-electron chi connectivity index (χ1n) is 8.98. The van der Waals surface area contributed by atoms with Gasteiger partial charge in [-0.05, 0) is 49.6 Å². The number of fused-ring (bicyclic) bond motifs is 2. The van der Waals surface area contributed by atoms with Crippen molar-refractivity contribution in [3.8, 4) is 17.0 Å². The zero-order chi connectivity index (χ0) is 20.8. The minimum Gasteiger partial charge on any atom is -0.507 e. The molecule has 152 valence electrons. The third-order valence-corrected chi connectivity index (χ3v) is 8.24. The van der Waals surface area contributed by atoms with Crippen LogP contribution in [0.15, 0.2) is 30.5 Å². The molecule has 2 aliphatic heterocycles. The molecule has 3 aliphatic rings. The van der Waals surface area contributed by atoms with E-state index in [9.17, 15) is 26.7 Å². The largest absolute Gasteiger partial charge is 0.507 e. The number of benzene rings is 1. The van der Waals surface area contributed by atoms with Gasteiger partial charge < -0.3 is 5.11 Å². The molecule has 0 spiro atoms. The molecule has 6 nitrogen and oxygen atoms in total. The fourth-order valence-electron chi connectivity index (χ4n) is 4.46. The molecule has 10 heteroatoms. The van der Waals surface area contributed by atoms with Gasteiger partial charge in [0.2, 0.25) is 0 Å². The number of rotatable bonds is 2.